The highest BCUT2D eigenvalue weighted by molar-refractivity contribution is 7.80. The Hall–Kier alpha value is -0.640. The zero-order valence-electron chi connectivity index (χ0n) is 11.7. The number of carbonyl (C=O) groups excluding carboxylic acids is 1. The molecule has 0 radical (unpaired) electrons. The number of amides is 1. The summed E-state index contributed by atoms with van der Waals surface area (Å²) in [4.78, 5) is 14.5. The Morgan fingerprint density at radius 2 is 1.89 bits per heavy atom. The van der Waals surface area contributed by atoms with Crippen molar-refractivity contribution in [2.75, 3.05) is 7.05 Å². The first-order valence-corrected chi connectivity index (χ1v) is 7.45. The van der Waals surface area contributed by atoms with E-state index in [1.54, 1.807) is 0 Å². The van der Waals surface area contributed by atoms with Crippen LogP contribution in [0, 0.1) is 5.92 Å². The van der Waals surface area contributed by atoms with Crippen LogP contribution in [0.15, 0.2) is 0 Å². The largest absolute Gasteiger partial charge is 0.393 e. The van der Waals surface area contributed by atoms with Gasteiger partial charge in [0.2, 0.25) is 5.91 Å². The minimum absolute atomic E-state index is 0.112. The number of nitrogens with two attached hydrogens (primary N) is 1. The van der Waals surface area contributed by atoms with Crippen molar-refractivity contribution in [3.63, 3.8) is 0 Å². The van der Waals surface area contributed by atoms with E-state index in [4.69, 9.17) is 18.0 Å². The Kier molecular flexibility index (Phi) is 6.61. The molecule has 3 nitrogen and oxygen atoms in total. The topological polar surface area (TPSA) is 46.3 Å². The number of hydrogen-bond donors (Lipinski definition) is 1. The normalized spacial score (nSPS) is 19.0. The first kappa shape index (κ1) is 15.4. The minimum Gasteiger partial charge on any atom is -0.393 e. The van der Waals surface area contributed by atoms with Crippen molar-refractivity contribution < 1.29 is 4.79 Å². The Labute approximate surface area is 116 Å². The average Bonchev–Trinajstić information content (AvgIpc) is 2.55. The smallest absolute Gasteiger partial charge is 0.222 e. The second kappa shape index (κ2) is 7.72. The van der Waals surface area contributed by atoms with Gasteiger partial charge < -0.3 is 10.6 Å². The summed E-state index contributed by atoms with van der Waals surface area (Å²) in [6.45, 7) is 2.00. The lowest BCUT2D eigenvalue weighted by atomic mass is 9.96. The van der Waals surface area contributed by atoms with Crippen molar-refractivity contribution in [2.45, 2.75) is 64.3 Å². The number of rotatable bonds is 5. The molecular weight excluding hydrogens is 244 g/mol. The molecular formula is C14H26N2OS. The summed E-state index contributed by atoms with van der Waals surface area (Å²) >= 11 is 4.90. The third kappa shape index (κ3) is 5.34. The van der Waals surface area contributed by atoms with Gasteiger partial charge in [0.1, 0.15) is 0 Å². The zero-order chi connectivity index (χ0) is 13.5. The molecule has 0 spiro atoms. The average molecular weight is 270 g/mol. The molecule has 18 heavy (non-hydrogen) atoms. The molecule has 2 N–H and O–H groups in total. The van der Waals surface area contributed by atoms with E-state index in [2.05, 4.69) is 0 Å². The van der Waals surface area contributed by atoms with Crippen LogP contribution >= 0.6 is 12.2 Å². The predicted octanol–water partition coefficient (Wildman–Crippen LogP) is 2.87. The molecule has 104 valence electrons. The summed E-state index contributed by atoms with van der Waals surface area (Å²) in [5.41, 5.74) is 5.53. The van der Waals surface area contributed by atoms with Gasteiger partial charge in [0.05, 0.1) is 4.99 Å². The Morgan fingerprint density at radius 3 is 2.39 bits per heavy atom. The molecule has 0 aromatic carbocycles. The highest BCUT2D eigenvalue weighted by atomic mass is 32.1. The standard InChI is InChI=1S/C14H26N2OS/c1-11(9-13(15)18)16(2)14(17)10-12-7-5-3-4-6-8-12/h11-12H,3-10H2,1-2H3,(H2,15,18). The van der Waals surface area contributed by atoms with Crippen LogP contribution in [0.5, 0.6) is 0 Å². The van der Waals surface area contributed by atoms with Crippen molar-refractivity contribution in [1.82, 2.24) is 4.90 Å². The SMILES string of the molecule is CC(CC(N)=S)N(C)C(=O)CC1CCCCCC1. The lowest BCUT2D eigenvalue weighted by molar-refractivity contribution is -0.132. The van der Waals surface area contributed by atoms with Crippen LogP contribution < -0.4 is 5.73 Å². The summed E-state index contributed by atoms with van der Waals surface area (Å²) in [5, 5.41) is 0. The van der Waals surface area contributed by atoms with E-state index in [1.165, 1.54) is 38.5 Å². The quantitative estimate of drug-likeness (QED) is 0.617. The Morgan fingerprint density at radius 1 is 1.33 bits per heavy atom. The van der Waals surface area contributed by atoms with Crippen LogP contribution in [0.3, 0.4) is 0 Å². The van der Waals surface area contributed by atoms with Crippen LogP contribution in [0.2, 0.25) is 0 Å². The molecule has 1 saturated carbocycles. The van der Waals surface area contributed by atoms with Gasteiger partial charge in [-0.3, -0.25) is 4.79 Å². The Balaban J connectivity index is 2.40. The fourth-order valence-corrected chi connectivity index (χ4v) is 2.87. The number of nitrogens with zero attached hydrogens (tertiary/aromatic N) is 1. The molecule has 0 aliphatic heterocycles. The number of carbonyl (C=O) groups is 1. The summed E-state index contributed by atoms with van der Waals surface area (Å²) in [6, 6.07) is 0.112. The lowest BCUT2D eigenvalue weighted by Gasteiger charge is -2.26. The van der Waals surface area contributed by atoms with E-state index in [1.807, 2.05) is 18.9 Å². The highest BCUT2D eigenvalue weighted by Gasteiger charge is 2.21. The summed E-state index contributed by atoms with van der Waals surface area (Å²) in [7, 11) is 1.86. The van der Waals surface area contributed by atoms with Gasteiger partial charge in [0.15, 0.2) is 0 Å². The van der Waals surface area contributed by atoms with E-state index < -0.39 is 0 Å². The molecule has 0 aromatic heterocycles. The van der Waals surface area contributed by atoms with Gasteiger partial charge in [-0.2, -0.15) is 0 Å². The third-order valence-electron chi connectivity index (χ3n) is 3.99. The van der Waals surface area contributed by atoms with E-state index in [-0.39, 0.29) is 11.9 Å². The predicted molar refractivity (Wildman–Crippen MR) is 79.4 cm³/mol. The molecule has 4 heteroatoms. The first-order valence-electron chi connectivity index (χ1n) is 7.04. The molecule has 1 rings (SSSR count). The second-order valence-corrected chi connectivity index (χ2v) is 6.11. The van der Waals surface area contributed by atoms with E-state index in [9.17, 15) is 4.79 Å². The monoisotopic (exact) mass is 270 g/mol. The van der Waals surface area contributed by atoms with E-state index in [0.29, 0.717) is 23.7 Å². The molecule has 0 saturated heterocycles. The highest BCUT2D eigenvalue weighted by Crippen LogP contribution is 2.26. The van der Waals surface area contributed by atoms with Crippen molar-refractivity contribution >= 4 is 23.1 Å². The van der Waals surface area contributed by atoms with E-state index in [0.717, 1.165) is 0 Å². The van der Waals surface area contributed by atoms with Gasteiger partial charge in [-0.05, 0) is 25.7 Å². The number of thiocarbonyl (C=S) groups is 1. The molecule has 1 unspecified atom stereocenters. The Bertz CT molecular complexity index is 286. The van der Waals surface area contributed by atoms with Gasteiger partial charge >= 0.3 is 0 Å². The maximum Gasteiger partial charge on any atom is 0.222 e. The molecule has 1 aliphatic carbocycles. The van der Waals surface area contributed by atoms with E-state index >= 15 is 0 Å². The minimum atomic E-state index is 0.112. The summed E-state index contributed by atoms with van der Waals surface area (Å²) in [5.74, 6) is 0.824. The van der Waals surface area contributed by atoms with Crippen molar-refractivity contribution in [3.05, 3.63) is 0 Å². The van der Waals surface area contributed by atoms with Crippen LogP contribution in [0.25, 0.3) is 0 Å². The molecule has 1 fully saturated rings. The first-order chi connectivity index (χ1) is 8.50. The number of hydrogen-bond acceptors (Lipinski definition) is 2. The molecule has 0 heterocycles. The van der Waals surface area contributed by atoms with Gasteiger partial charge in [-0.25, -0.2) is 0 Å². The van der Waals surface area contributed by atoms with Crippen LogP contribution in [-0.2, 0) is 4.79 Å². The van der Waals surface area contributed by atoms with Crippen LogP contribution in [-0.4, -0.2) is 28.9 Å². The molecule has 1 atom stereocenters. The molecule has 1 amide bonds. The van der Waals surface area contributed by atoms with Crippen molar-refractivity contribution in [3.8, 4) is 0 Å². The maximum atomic E-state index is 12.2. The fraction of sp³-hybridized carbons (Fsp3) is 0.857. The van der Waals surface area contributed by atoms with Gasteiger partial charge in [0, 0.05) is 25.9 Å². The third-order valence-corrected chi connectivity index (χ3v) is 4.16. The second-order valence-electron chi connectivity index (χ2n) is 5.59. The molecule has 0 aromatic rings. The lowest BCUT2D eigenvalue weighted by Crippen LogP contribution is -2.38. The van der Waals surface area contributed by atoms with Gasteiger partial charge in [0.25, 0.3) is 0 Å². The zero-order valence-corrected chi connectivity index (χ0v) is 12.5. The van der Waals surface area contributed by atoms with Crippen LogP contribution in [0.4, 0.5) is 0 Å². The van der Waals surface area contributed by atoms with Gasteiger partial charge in [-0.1, -0.05) is 37.9 Å². The van der Waals surface area contributed by atoms with Crippen molar-refractivity contribution in [2.24, 2.45) is 11.7 Å². The maximum absolute atomic E-state index is 12.2. The fourth-order valence-electron chi connectivity index (χ4n) is 2.63. The van der Waals surface area contributed by atoms with Crippen molar-refractivity contribution in [1.29, 1.82) is 0 Å². The summed E-state index contributed by atoms with van der Waals surface area (Å²) in [6.07, 6.45) is 8.96. The molecule has 1 aliphatic rings. The van der Waals surface area contributed by atoms with Gasteiger partial charge in [-0.15, -0.1) is 0 Å². The van der Waals surface area contributed by atoms with Crippen LogP contribution in [0.1, 0.15) is 58.3 Å². The summed E-state index contributed by atoms with van der Waals surface area (Å²) < 4.78 is 0. The molecule has 0 bridgehead atoms.